The quantitative estimate of drug-likeness (QED) is 0.479. The summed E-state index contributed by atoms with van der Waals surface area (Å²) in [5.74, 6) is 0. The van der Waals surface area contributed by atoms with Crippen LogP contribution < -0.4 is 17.1 Å². The van der Waals surface area contributed by atoms with E-state index >= 15 is 0 Å². The Bertz CT molecular complexity index is 661. The van der Waals surface area contributed by atoms with E-state index in [0.717, 1.165) is 34.1 Å². The molecule has 0 aliphatic carbocycles. The van der Waals surface area contributed by atoms with Crippen molar-refractivity contribution in [3.8, 4) is 0 Å². The Labute approximate surface area is 138 Å². The second kappa shape index (κ2) is 9.29. The van der Waals surface area contributed by atoms with Gasteiger partial charge in [0, 0.05) is 6.17 Å². The van der Waals surface area contributed by atoms with E-state index in [9.17, 15) is 14.4 Å². The summed E-state index contributed by atoms with van der Waals surface area (Å²) in [5.41, 5.74) is -1.67. The van der Waals surface area contributed by atoms with E-state index in [-0.39, 0.29) is 13.1 Å². The molecule has 6 nitrogen and oxygen atoms in total. The SMILES string of the molecule is C=CCn1c(=O)n(CC=C)c(=O)n(C[Si](CCC)CCC)c1=O. The number of allylic oxidation sites excluding steroid dienone is 2. The Balaban J connectivity index is 3.48. The molecule has 127 valence electrons. The van der Waals surface area contributed by atoms with Crippen LogP contribution in [0.2, 0.25) is 12.1 Å². The lowest BCUT2D eigenvalue weighted by Crippen LogP contribution is -2.55. The fourth-order valence-electron chi connectivity index (χ4n) is 2.60. The Morgan fingerprint density at radius 2 is 1.22 bits per heavy atom. The molecule has 0 saturated carbocycles. The van der Waals surface area contributed by atoms with Crippen LogP contribution in [-0.4, -0.2) is 22.5 Å². The number of hydrogen-bond donors (Lipinski definition) is 0. The highest BCUT2D eigenvalue weighted by Gasteiger charge is 2.18. The molecular weight excluding hydrogens is 310 g/mol. The highest BCUT2D eigenvalue weighted by atomic mass is 28.3. The molecule has 1 radical (unpaired) electrons. The van der Waals surface area contributed by atoms with Gasteiger partial charge in [0.2, 0.25) is 0 Å². The minimum Gasteiger partial charge on any atom is -0.248 e. The van der Waals surface area contributed by atoms with Gasteiger partial charge in [0.15, 0.2) is 0 Å². The van der Waals surface area contributed by atoms with E-state index < -0.39 is 25.9 Å². The highest BCUT2D eigenvalue weighted by Crippen LogP contribution is 2.06. The zero-order chi connectivity index (χ0) is 17.4. The van der Waals surface area contributed by atoms with Gasteiger partial charge in [-0.25, -0.2) is 28.1 Å². The molecule has 0 atom stereocenters. The van der Waals surface area contributed by atoms with Crippen molar-refractivity contribution in [2.24, 2.45) is 0 Å². The van der Waals surface area contributed by atoms with E-state index in [1.807, 2.05) is 0 Å². The largest absolute Gasteiger partial charge is 0.336 e. The number of aromatic nitrogens is 3. The normalized spacial score (nSPS) is 10.9. The van der Waals surface area contributed by atoms with Gasteiger partial charge in [-0.2, -0.15) is 0 Å². The van der Waals surface area contributed by atoms with E-state index in [2.05, 4.69) is 27.0 Å². The van der Waals surface area contributed by atoms with Crippen LogP contribution in [-0.2, 0) is 19.3 Å². The molecule has 7 heteroatoms. The first-order valence-electron chi connectivity index (χ1n) is 8.01. The predicted molar refractivity (Wildman–Crippen MR) is 95.6 cm³/mol. The second-order valence-electron chi connectivity index (χ2n) is 5.48. The van der Waals surface area contributed by atoms with Gasteiger partial charge in [0.25, 0.3) is 0 Å². The molecule has 23 heavy (non-hydrogen) atoms. The highest BCUT2D eigenvalue weighted by molar-refractivity contribution is 6.57. The summed E-state index contributed by atoms with van der Waals surface area (Å²) in [5, 5.41) is 0. The van der Waals surface area contributed by atoms with Gasteiger partial charge in [-0.05, 0) is 0 Å². The summed E-state index contributed by atoms with van der Waals surface area (Å²) in [6.45, 7) is 11.6. The molecule has 0 spiro atoms. The summed E-state index contributed by atoms with van der Waals surface area (Å²) in [6.07, 6.45) is 5.49. The van der Waals surface area contributed by atoms with Crippen LogP contribution in [0.3, 0.4) is 0 Å². The van der Waals surface area contributed by atoms with Crippen LogP contribution in [0.15, 0.2) is 39.7 Å². The molecule has 1 rings (SSSR count). The lowest BCUT2D eigenvalue weighted by atomic mass is 10.5. The van der Waals surface area contributed by atoms with Gasteiger partial charge in [-0.1, -0.05) is 50.9 Å². The lowest BCUT2D eigenvalue weighted by molar-refractivity contribution is 0.507. The summed E-state index contributed by atoms with van der Waals surface area (Å²) >= 11 is 0. The van der Waals surface area contributed by atoms with Crippen LogP contribution >= 0.6 is 0 Å². The third-order valence-electron chi connectivity index (χ3n) is 3.60. The average Bonchev–Trinajstić information content (AvgIpc) is 2.52. The summed E-state index contributed by atoms with van der Waals surface area (Å²) in [4.78, 5) is 37.4. The number of rotatable bonds is 10. The zero-order valence-electron chi connectivity index (χ0n) is 14.1. The van der Waals surface area contributed by atoms with E-state index in [1.165, 1.54) is 16.7 Å². The fourth-order valence-corrected chi connectivity index (χ4v) is 5.30. The third kappa shape index (κ3) is 4.54. The fraction of sp³-hybridized carbons (Fsp3) is 0.562. The van der Waals surface area contributed by atoms with E-state index in [1.54, 1.807) is 0 Å². The molecule has 0 amide bonds. The molecule has 0 bridgehead atoms. The topological polar surface area (TPSA) is 66.0 Å². The van der Waals surface area contributed by atoms with Gasteiger partial charge in [-0.15, -0.1) is 13.2 Å². The van der Waals surface area contributed by atoms with Crippen molar-refractivity contribution in [1.29, 1.82) is 0 Å². The van der Waals surface area contributed by atoms with Gasteiger partial charge in [-0.3, -0.25) is 0 Å². The Kier molecular flexibility index (Phi) is 7.74. The first-order valence-corrected chi connectivity index (χ1v) is 10.1. The number of hydrogen-bond acceptors (Lipinski definition) is 3. The zero-order valence-corrected chi connectivity index (χ0v) is 15.1. The molecule has 0 aliphatic heterocycles. The smallest absolute Gasteiger partial charge is 0.248 e. The molecule has 1 heterocycles. The summed E-state index contributed by atoms with van der Waals surface area (Å²) in [7, 11) is -0.835. The lowest BCUT2D eigenvalue weighted by Gasteiger charge is -2.17. The molecule has 1 aromatic heterocycles. The molecule has 0 N–H and O–H groups in total. The average molecular weight is 336 g/mol. The predicted octanol–water partition coefficient (Wildman–Crippen LogP) is 1.40. The van der Waals surface area contributed by atoms with E-state index in [0.29, 0.717) is 6.17 Å². The van der Waals surface area contributed by atoms with Crippen molar-refractivity contribution in [2.75, 3.05) is 0 Å². The van der Waals surface area contributed by atoms with Crippen molar-refractivity contribution >= 4 is 8.80 Å². The van der Waals surface area contributed by atoms with Crippen LogP contribution in [0.1, 0.15) is 26.7 Å². The molecule has 0 aliphatic rings. The van der Waals surface area contributed by atoms with E-state index in [4.69, 9.17) is 0 Å². The van der Waals surface area contributed by atoms with Gasteiger partial charge >= 0.3 is 17.1 Å². The molecular formula is C16H26N3O3Si. The maximum atomic E-state index is 12.6. The first-order chi connectivity index (χ1) is 11.0. The van der Waals surface area contributed by atoms with Crippen molar-refractivity contribution in [3.63, 3.8) is 0 Å². The molecule has 0 fully saturated rings. The Hall–Kier alpha value is -1.89. The summed E-state index contributed by atoms with van der Waals surface area (Å²) < 4.78 is 3.36. The van der Waals surface area contributed by atoms with Gasteiger partial charge in [0.1, 0.15) is 0 Å². The third-order valence-corrected chi connectivity index (χ3v) is 6.78. The van der Waals surface area contributed by atoms with Crippen molar-refractivity contribution in [1.82, 2.24) is 13.7 Å². The number of nitrogens with zero attached hydrogens (tertiary/aromatic N) is 3. The molecule has 0 saturated heterocycles. The minimum atomic E-state index is -0.835. The molecule has 1 aromatic rings. The minimum absolute atomic E-state index is 0.0960. The van der Waals surface area contributed by atoms with Crippen LogP contribution in [0.4, 0.5) is 0 Å². The Morgan fingerprint density at radius 3 is 1.57 bits per heavy atom. The standard InChI is InChI=1S/C16H26N3O3Si/c1-5-9-17-14(20)18(10-6-2)16(22)19(15(17)21)13-23(11-7-3)12-8-4/h5-6H,1-2,7-13H2,3-4H3. The maximum absolute atomic E-state index is 12.6. The second-order valence-corrected chi connectivity index (χ2v) is 8.30. The van der Waals surface area contributed by atoms with Crippen molar-refractivity contribution in [3.05, 3.63) is 56.8 Å². The van der Waals surface area contributed by atoms with Crippen molar-refractivity contribution < 1.29 is 0 Å². The maximum Gasteiger partial charge on any atom is 0.336 e. The monoisotopic (exact) mass is 336 g/mol. The molecule has 0 unspecified atom stereocenters. The molecule has 0 aromatic carbocycles. The van der Waals surface area contributed by atoms with Gasteiger partial charge < -0.3 is 0 Å². The van der Waals surface area contributed by atoms with Gasteiger partial charge in [0.05, 0.1) is 21.9 Å². The van der Waals surface area contributed by atoms with Crippen LogP contribution in [0.5, 0.6) is 0 Å². The van der Waals surface area contributed by atoms with Crippen molar-refractivity contribution in [2.45, 2.75) is 58.0 Å². The van der Waals surface area contributed by atoms with Crippen LogP contribution in [0, 0.1) is 0 Å². The summed E-state index contributed by atoms with van der Waals surface area (Å²) in [6, 6.07) is 2.10. The Morgan fingerprint density at radius 1 is 0.826 bits per heavy atom. The van der Waals surface area contributed by atoms with Crippen LogP contribution in [0.25, 0.3) is 0 Å². The first kappa shape index (κ1) is 19.2.